The average molecular weight is 367 g/mol. The van der Waals surface area contributed by atoms with Crippen LogP contribution >= 0.6 is 0 Å². The van der Waals surface area contributed by atoms with E-state index in [1.54, 1.807) is 0 Å². The maximum atomic E-state index is 12.1. The first kappa shape index (κ1) is 19.8. The van der Waals surface area contributed by atoms with Crippen molar-refractivity contribution in [3.8, 4) is 0 Å². The van der Waals surface area contributed by atoms with Gasteiger partial charge in [0.05, 0.1) is 11.9 Å². The highest BCUT2D eigenvalue weighted by atomic mass is 32.2. The summed E-state index contributed by atoms with van der Waals surface area (Å²) in [7, 11) is -3.37. The molecule has 1 amide bonds. The molecule has 0 saturated heterocycles. The van der Waals surface area contributed by atoms with Crippen molar-refractivity contribution < 1.29 is 13.2 Å². The molecule has 1 aliphatic carbocycles. The molecular formula is C19H30N2O3S. The molecule has 1 aromatic rings. The molecule has 1 fully saturated rings. The maximum absolute atomic E-state index is 12.1. The molecule has 5 nitrogen and oxygen atoms in total. The van der Waals surface area contributed by atoms with Crippen molar-refractivity contribution in [1.82, 2.24) is 5.32 Å². The number of sulfonamides is 1. The summed E-state index contributed by atoms with van der Waals surface area (Å²) in [6, 6.07) is 5.94. The lowest BCUT2D eigenvalue weighted by molar-refractivity contribution is -0.122. The van der Waals surface area contributed by atoms with E-state index < -0.39 is 10.0 Å². The van der Waals surface area contributed by atoms with Crippen LogP contribution in [0.2, 0.25) is 0 Å². The minimum atomic E-state index is -3.37. The van der Waals surface area contributed by atoms with E-state index in [1.807, 2.05) is 32.0 Å². The highest BCUT2D eigenvalue weighted by Crippen LogP contribution is 2.22. The summed E-state index contributed by atoms with van der Waals surface area (Å²) in [4.78, 5) is 12.1. The van der Waals surface area contributed by atoms with Gasteiger partial charge in [0, 0.05) is 19.0 Å². The van der Waals surface area contributed by atoms with Gasteiger partial charge < -0.3 is 5.32 Å². The molecule has 0 atom stereocenters. The van der Waals surface area contributed by atoms with Gasteiger partial charge in [0.15, 0.2) is 0 Å². The molecule has 0 unspecified atom stereocenters. The van der Waals surface area contributed by atoms with Gasteiger partial charge >= 0.3 is 0 Å². The van der Waals surface area contributed by atoms with Crippen LogP contribution in [-0.4, -0.2) is 33.2 Å². The molecule has 1 aromatic carbocycles. The molecule has 0 bridgehead atoms. The van der Waals surface area contributed by atoms with E-state index in [-0.39, 0.29) is 5.91 Å². The molecule has 0 heterocycles. The highest BCUT2D eigenvalue weighted by Gasteiger charge is 2.19. The first-order chi connectivity index (χ1) is 11.8. The molecule has 0 aliphatic heterocycles. The molecule has 2 rings (SSSR count). The highest BCUT2D eigenvalue weighted by molar-refractivity contribution is 7.92. The largest absolute Gasteiger partial charge is 0.353 e. The number of amides is 1. The molecule has 1 aliphatic rings. The van der Waals surface area contributed by atoms with E-state index in [9.17, 15) is 13.2 Å². The zero-order chi connectivity index (χ0) is 18.4. The second kappa shape index (κ2) is 8.70. The minimum Gasteiger partial charge on any atom is -0.353 e. The monoisotopic (exact) mass is 366 g/mol. The SMILES string of the molecule is Cc1ccc(N(CCCC(=O)NC2CCCCC2)S(C)(=O)=O)cc1C. The van der Waals surface area contributed by atoms with Gasteiger partial charge in [0.25, 0.3) is 0 Å². The quantitative estimate of drug-likeness (QED) is 0.805. The van der Waals surface area contributed by atoms with Crippen LogP contribution in [0.3, 0.4) is 0 Å². The molecule has 1 saturated carbocycles. The van der Waals surface area contributed by atoms with E-state index in [4.69, 9.17) is 0 Å². The second-order valence-corrected chi connectivity index (χ2v) is 9.02. The second-order valence-electron chi connectivity index (χ2n) is 7.11. The smallest absolute Gasteiger partial charge is 0.232 e. The van der Waals surface area contributed by atoms with Crippen molar-refractivity contribution in [2.24, 2.45) is 0 Å². The van der Waals surface area contributed by atoms with E-state index in [2.05, 4.69) is 5.32 Å². The van der Waals surface area contributed by atoms with Crippen molar-refractivity contribution >= 4 is 21.6 Å². The Hall–Kier alpha value is -1.56. The van der Waals surface area contributed by atoms with E-state index in [0.717, 1.165) is 24.0 Å². The van der Waals surface area contributed by atoms with Crippen LogP contribution in [0.15, 0.2) is 18.2 Å². The van der Waals surface area contributed by atoms with Gasteiger partial charge in [-0.1, -0.05) is 25.3 Å². The summed E-state index contributed by atoms with van der Waals surface area (Å²) in [5.41, 5.74) is 2.85. The molecule has 6 heteroatoms. The van der Waals surface area contributed by atoms with Gasteiger partial charge in [-0.2, -0.15) is 0 Å². The summed E-state index contributed by atoms with van der Waals surface area (Å²) in [5, 5.41) is 3.08. The van der Waals surface area contributed by atoms with Crippen molar-refractivity contribution in [3.63, 3.8) is 0 Å². The van der Waals surface area contributed by atoms with Gasteiger partial charge in [-0.3, -0.25) is 9.10 Å². The number of nitrogens with one attached hydrogen (secondary N) is 1. The Morgan fingerprint density at radius 3 is 2.44 bits per heavy atom. The third-order valence-electron chi connectivity index (χ3n) is 4.91. The Morgan fingerprint density at radius 1 is 1.16 bits per heavy atom. The number of anilines is 1. The minimum absolute atomic E-state index is 0.0282. The zero-order valence-electron chi connectivity index (χ0n) is 15.5. The third kappa shape index (κ3) is 6.03. The molecule has 1 N–H and O–H groups in total. The van der Waals surface area contributed by atoms with Crippen LogP contribution in [-0.2, 0) is 14.8 Å². The van der Waals surface area contributed by atoms with Crippen LogP contribution in [0.25, 0.3) is 0 Å². The topological polar surface area (TPSA) is 66.5 Å². The Balaban J connectivity index is 1.92. The molecule has 25 heavy (non-hydrogen) atoms. The molecular weight excluding hydrogens is 336 g/mol. The van der Waals surface area contributed by atoms with Crippen molar-refractivity contribution in [2.75, 3.05) is 17.1 Å². The van der Waals surface area contributed by atoms with Gasteiger partial charge in [-0.25, -0.2) is 8.42 Å². The van der Waals surface area contributed by atoms with Gasteiger partial charge in [0.1, 0.15) is 0 Å². The molecule has 140 valence electrons. The van der Waals surface area contributed by atoms with Crippen LogP contribution in [0.1, 0.15) is 56.1 Å². The molecule has 0 aromatic heterocycles. The first-order valence-corrected chi connectivity index (χ1v) is 11.0. The first-order valence-electron chi connectivity index (χ1n) is 9.11. The van der Waals surface area contributed by atoms with Crippen molar-refractivity contribution in [2.45, 2.75) is 64.8 Å². The number of carbonyl (C=O) groups excluding carboxylic acids is 1. The Labute approximate surface area is 151 Å². The number of benzene rings is 1. The Morgan fingerprint density at radius 2 is 1.84 bits per heavy atom. The maximum Gasteiger partial charge on any atom is 0.232 e. The van der Waals surface area contributed by atoms with Gasteiger partial charge in [0.2, 0.25) is 15.9 Å². The lowest BCUT2D eigenvalue weighted by Gasteiger charge is -2.24. The number of aryl methyl sites for hydroxylation is 2. The Kier molecular flexibility index (Phi) is 6.87. The van der Waals surface area contributed by atoms with Crippen molar-refractivity contribution in [3.05, 3.63) is 29.3 Å². The summed E-state index contributed by atoms with van der Waals surface area (Å²) in [6.07, 6.45) is 7.81. The van der Waals surface area contributed by atoms with Gasteiger partial charge in [-0.05, 0) is 56.4 Å². The summed E-state index contributed by atoms with van der Waals surface area (Å²) in [6.45, 7) is 4.29. The number of nitrogens with zero attached hydrogens (tertiary/aromatic N) is 1. The fourth-order valence-corrected chi connectivity index (χ4v) is 4.25. The van der Waals surface area contributed by atoms with Crippen LogP contribution < -0.4 is 9.62 Å². The van der Waals surface area contributed by atoms with Crippen molar-refractivity contribution in [1.29, 1.82) is 0 Å². The number of hydrogen-bond acceptors (Lipinski definition) is 3. The molecule has 0 spiro atoms. The fourth-order valence-electron chi connectivity index (χ4n) is 3.30. The number of hydrogen-bond donors (Lipinski definition) is 1. The van der Waals surface area contributed by atoms with E-state index in [1.165, 1.54) is 29.8 Å². The predicted octanol–water partition coefficient (Wildman–Crippen LogP) is 3.30. The van der Waals surface area contributed by atoms with Gasteiger partial charge in [-0.15, -0.1) is 0 Å². The summed E-state index contributed by atoms with van der Waals surface area (Å²) in [5.74, 6) is 0.0282. The van der Waals surface area contributed by atoms with E-state index in [0.29, 0.717) is 31.1 Å². The molecule has 0 radical (unpaired) electrons. The van der Waals surface area contributed by atoms with E-state index >= 15 is 0 Å². The average Bonchev–Trinajstić information content (AvgIpc) is 2.54. The summed E-state index contributed by atoms with van der Waals surface area (Å²) >= 11 is 0. The standard InChI is InChI=1S/C19H30N2O3S/c1-15-11-12-18(14-16(15)2)21(25(3,23)24)13-7-10-19(22)20-17-8-5-4-6-9-17/h11-12,14,17H,4-10,13H2,1-3H3,(H,20,22). The summed E-state index contributed by atoms with van der Waals surface area (Å²) < 4.78 is 25.7. The lowest BCUT2D eigenvalue weighted by Crippen LogP contribution is -2.37. The fraction of sp³-hybridized carbons (Fsp3) is 0.632. The predicted molar refractivity (Wildman–Crippen MR) is 102 cm³/mol. The third-order valence-corrected chi connectivity index (χ3v) is 6.11. The normalized spacial score (nSPS) is 15.8. The number of carbonyl (C=O) groups is 1. The van der Waals surface area contributed by atoms with Crippen LogP contribution in [0.5, 0.6) is 0 Å². The Bertz CT molecular complexity index is 695. The zero-order valence-corrected chi connectivity index (χ0v) is 16.4. The number of rotatable bonds is 7. The van der Waals surface area contributed by atoms with Crippen LogP contribution in [0, 0.1) is 13.8 Å². The van der Waals surface area contributed by atoms with Crippen LogP contribution in [0.4, 0.5) is 5.69 Å². The lowest BCUT2D eigenvalue weighted by atomic mass is 9.95.